The van der Waals surface area contributed by atoms with Gasteiger partial charge in [-0.2, -0.15) is 0 Å². The Labute approximate surface area is 150 Å². The van der Waals surface area contributed by atoms with Gasteiger partial charge in [0.25, 0.3) is 0 Å². The number of amides is 2. The van der Waals surface area contributed by atoms with E-state index in [2.05, 4.69) is 34.1 Å². The van der Waals surface area contributed by atoms with Crippen LogP contribution in [0.15, 0.2) is 24.3 Å². The van der Waals surface area contributed by atoms with E-state index in [1.807, 2.05) is 0 Å². The van der Waals surface area contributed by atoms with Crippen LogP contribution < -0.4 is 0 Å². The maximum atomic E-state index is 13.1. The molecule has 2 fully saturated rings. The van der Waals surface area contributed by atoms with Crippen LogP contribution in [-0.2, 0) is 9.59 Å². The molecule has 0 aromatic rings. The van der Waals surface area contributed by atoms with Crippen LogP contribution in [0.1, 0.15) is 51.4 Å². The molecule has 4 heteroatoms. The molecule has 2 saturated heterocycles. The number of rotatable bonds is 2. The van der Waals surface area contributed by atoms with Crippen molar-refractivity contribution in [2.45, 2.75) is 57.4 Å². The first-order valence-electron chi connectivity index (χ1n) is 10.1. The van der Waals surface area contributed by atoms with E-state index in [0.29, 0.717) is 17.7 Å². The number of nitrogens with zero attached hydrogens (tertiary/aromatic N) is 2. The van der Waals surface area contributed by atoms with Gasteiger partial charge in [-0.15, -0.1) is 0 Å². The second-order valence-electron chi connectivity index (χ2n) is 8.21. The fraction of sp³-hybridized carbons (Fsp3) is 0.714. The number of carbonyl (C=O) groups is 2. The molecule has 4 nitrogen and oxygen atoms in total. The molecule has 4 aliphatic rings. The molecule has 0 spiro atoms. The van der Waals surface area contributed by atoms with Gasteiger partial charge in [0.15, 0.2) is 0 Å². The number of allylic oxidation sites excluding steroid dienone is 4. The van der Waals surface area contributed by atoms with Crippen molar-refractivity contribution < 1.29 is 9.59 Å². The molecule has 0 bridgehead atoms. The summed E-state index contributed by atoms with van der Waals surface area (Å²) in [7, 11) is 0. The Morgan fingerprint density at radius 1 is 0.800 bits per heavy atom. The minimum Gasteiger partial charge on any atom is -0.340 e. The lowest BCUT2D eigenvalue weighted by atomic mass is 9.88. The van der Waals surface area contributed by atoms with Crippen LogP contribution in [0.3, 0.4) is 0 Å². The Bertz CT molecular complexity index is 582. The minimum absolute atomic E-state index is 0.164. The van der Waals surface area contributed by atoms with Crippen LogP contribution in [0.2, 0.25) is 0 Å². The summed E-state index contributed by atoms with van der Waals surface area (Å²) in [4.78, 5) is 30.2. The molecular weight excluding hydrogens is 312 g/mol. The molecule has 0 radical (unpaired) electrons. The van der Waals surface area contributed by atoms with Gasteiger partial charge in [0.05, 0.1) is 6.04 Å². The van der Waals surface area contributed by atoms with E-state index in [1.54, 1.807) is 0 Å². The van der Waals surface area contributed by atoms with E-state index in [4.69, 9.17) is 0 Å². The summed E-state index contributed by atoms with van der Waals surface area (Å²) in [5.41, 5.74) is 0. The first kappa shape index (κ1) is 16.9. The highest BCUT2D eigenvalue weighted by Crippen LogP contribution is 2.34. The number of hydrogen-bond acceptors (Lipinski definition) is 2. The Balaban J connectivity index is 1.43. The normalized spacial score (nSPS) is 34.9. The molecule has 2 aliphatic carbocycles. The lowest BCUT2D eigenvalue weighted by Gasteiger charge is -2.39. The largest absolute Gasteiger partial charge is 0.340 e. The molecule has 4 atom stereocenters. The van der Waals surface area contributed by atoms with Gasteiger partial charge in [0.2, 0.25) is 11.8 Å². The third kappa shape index (κ3) is 3.40. The minimum atomic E-state index is 0.164. The van der Waals surface area contributed by atoms with E-state index < -0.39 is 0 Å². The first-order valence-corrected chi connectivity index (χ1v) is 10.1. The van der Waals surface area contributed by atoms with Crippen molar-refractivity contribution in [1.29, 1.82) is 0 Å². The van der Waals surface area contributed by atoms with Gasteiger partial charge in [0.1, 0.15) is 0 Å². The molecule has 2 amide bonds. The molecule has 2 heterocycles. The summed E-state index contributed by atoms with van der Waals surface area (Å²) in [5.74, 6) is 1.48. The van der Waals surface area contributed by atoms with Gasteiger partial charge in [-0.3, -0.25) is 9.59 Å². The fourth-order valence-corrected chi connectivity index (χ4v) is 5.16. The molecule has 2 aliphatic heterocycles. The third-order valence-electron chi connectivity index (χ3n) is 6.61. The van der Waals surface area contributed by atoms with Crippen LogP contribution in [0.4, 0.5) is 0 Å². The predicted octanol–water partition coefficient (Wildman–Crippen LogP) is 3.15. The lowest BCUT2D eigenvalue weighted by Crippen LogP contribution is -2.50. The number of likely N-dealkylation sites (tertiary alicyclic amines) is 2. The van der Waals surface area contributed by atoms with E-state index >= 15 is 0 Å². The number of fused-ring (bicyclic) bond motifs is 1. The Morgan fingerprint density at radius 2 is 1.48 bits per heavy atom. The molecule has 0 aromatic carbocycles. The summed E-state index contributed by atoms with van der Waals surface area (Å²) < 4.78 is 0. The van der Waals surface area contributed by atoms with Gasteiger partial charge in [0, 0.05) is 31.5 Å². The average Bonchev–Trinajstić information content (AvgIpc) is 3.12. The zero-order chi connectivity index (χ0) is 17.2. The summed E-state index contributed by atoms with van der Waals surface area (Å²) in [6.45, 7) is 2.50. The summed E-state index contributed by atoms with van der Waals surface area (Å²) in [6, 6.07) is 0.259. The molecule has 0 saturated carbocycles. The van der Waals surface area contributed by atoms with Crippen molar-refractivity contribution in [3.63, 3.8) is 0 Å². The van der Waals surface area contributed by atoms with E-state index in [0.717, 1.165) is 71.0 Å². The Kier molecular flexibility index (Phi) is 4.96. The van der Waals surface area contributed by atoms with Crippen LogP contribution in [0.25, 0.3) is 0 Å². The smallest absolute Gasteiger partial charge is 0.226 e. The second-order valence-corrected chi connectivity index (χ2v) is 8.21. The molecule has 4 rings (SSSR count). The second kappa shape index (κ2) is 7.35. The fourth-order valence-electron chi connectivity index (χ4n) is 5.16. The van der Waals surface area contributed by atoms with Gasteiger partial charge >= 0.3 is 0 Å². The predicted molar refractivity (Wildman–Crippen MR) is 97.8 cm³/mol. The maximum Gasteiger partial charge on any atom is 0.226 e. The van der Waals surface area contributed by atoms with Crippen LogP contribution in [0.5, 0.6) is 0 Å². The SMILES string of the molecule is O=C([C@@H]1CC=CCC1)N1C[C@@H]2CCCN(C(=O)[C@H]3CC=CCC3)[C@@H]2C1. The molecule has 25 heavy (non-hydrogen) atoms. The molecule has 0 N–H and O–H groups in total. The zero-order valence-corrected chi connectivity index (χ0v) is 15.1. The number of hydrogen-bond donors (Lipinski definition) is 0. The molecule has 0 unspecified atom stereocenters. The van der Waals surface area contributed by atoms with E-state index in [-0.39, 0.29) is 17.9 Å². The highest BCUT2D eigenvalue weighted by molar-refractivity contribution is 5.81. The maximum absolute atomic E-state index is 13.1. The van der Waals surface area contributed by atoms with Gasteiger partial charge in [-0.25, -0.2) is 0 Å². The van der Waals surface area contributed by atoms with Crippen LogP contribution >= 0.6 is 0 Å². The summed E-state index contributed by atoms with van der Waals surface area (Å²) in [5, 5.41) is 0. The molecule has 0 aromatic heterocycles. The van der Waals surface area contributed by atoms with Crippen molar-refractivity contribution in [2.75, 3.05) is 19.6 Å². The quantitative estimate of drug-likeness (QED) is 0.723. The number of carbonyl (C=O) groups excluding carboxylic acids is 2. The van der Waals surface area contributed by atoms with Crippen molar-refractivity contribution in [3.05, 3.63) is 24.3 Å². The topological polar surface area (TPSA) is 40.6 Å². The summed E-state index contributed by atoms with van der Waals surface area (Å²) in [6.07, 6.45) is 16.7. The number of piperidine rings is 1. The zero-order valence-electron chi connectivity index (χ0n) is 15.1. The molecular formula is C21H30N2O2. The van der Waals surface area contributed by atoms with Crippen molar-refractivity contribution >= 4 is 11.8 Å². The Morgan fingerprint density at radius 3 is 2.12 bits per heavy atom. The van der Waals surface area contributed by atoms with Gasteiger partial charge < -0.3 is 9.80 Å². The third-order valence-corrected chi connectivity index (χ3v) is 6.61. The summed E-state index contributed by atoms with van der Waals surface area (Å²) >= 11 is 0. The van der Waals surface area contributed by atoms with E-state index in [1.165, 1.54) is 0 Å². The highest BCUT2D eigenvalue weighted by atomic mass is 16.2. The standard InChI is InChI=1S/C21H30N2O2/c24-20(16-8-3-1-4-9-16)22-14-18-12-7-13-23(19(18)15-22)21(25)17-10-5-2-6-11-17/h1-3,5,16-19H,4,6-15H2/t16-,17+,18+,19-/m1/s1. The van der Waals surface area contributed by atoms with Crippen molar-refractivity contribution in [3.8, 4) is 0 Å². The lowest BCUT2D eigenvalue weighted by molar-refractivity contribution is -0.141. The average molecular weight is 342 g/mol. The van der Waals surface area contributed by atoms with Gasteiger partial charge in [-0.1, -0.05) is 24.3 Å². The Hall–Kier alpha value is -1.58. The highest BCUT2D eigenvalue weighted by Gasteiger charge is 2.44. The van der Waals surface area contributed by atoms with Crippen LogP contribution in [0, 0.1) is 17.8 Å². The van der Waals surface area contributed by atoms with Crippen molar-refractivity contribution in [1.82, 2.24) is 9.80 Å². The van der Waals surface area contributed by atoms with Crippen LogP contribution in [-0.4, -0.2) is 47.3 Å². The molecule has 136 valence electrons. The van der Waals surface area contributed by atoms with Crippen molar-refractivity contribution in [2.24, 2.45) is 17.8 Å². The monoisotopic (exact) mass is 342 g/mol. The first-order chi connectivity index (χ1) is 12.2. The van der Waals surface area contributed by atoms with Gasteiger partial charge in [-0.05, 0) is 57.3 Å². The van der Waals surface area contributed by atoms with E-state index in [9.17, 15) is 9.59 Å².